The first-order valence-electron chi connectivity index (χ1n) is 5.03. The number of rotatable bonds is 4. The van der Waals surface area contributed by atoms with Crippen LogP contribution in [0.3, 0.4) is 0 Å². The van der Waals surface area contributed by atoms with Crippen LogP contribution in [0, 0.1) is 0 Å². The molecule has 0 saturated heterocycles. The average Bonchev–Trinajstić information content (AvgIpc) is 2.21. The number of anilines is 2. The van der Waals surface area contributed by atoms with Crippen LogP contribution in [-0.4, -0.2) is 22.6 Å². The van der Waals surface area contributed by atoms with Crippen molar-refractivity contribution in [2.45, 2.75) is 33.2 Å². The quantitative estimate of drug-likeness (QED) is 0.792. The van der Waals surface area contributed by atoms with Gasteiger partial charge in [0, 0.05) is 12.6 Å². The number of nitrogens with zero attached hydrogens (tertiary/aromatic N) is 3. The van der Waals surface area contributed by atoms with Gasteiger partial charge in [-0.1, -0.05) is 6.92 Å². The third-order valence-corrected chi connectivity index (χ3v) is 2.42. The summed E-state index contributed by atoms with van der Waals surface area (Å²) in [6, 6.07) is 0.484. The first kappa shape index (κ1) is 10.8. The van der Waals surface area contributed by atoms with Gasteiger partial charge in [0.1, 0.15) is 11.6 Å². The molecule has 1 heterocycles. The molecule has 1 aromatic rings. The molecule has 0 aromatic carbocycles. The molecule has 1 unspecified atom stereocenters. The van der Waals surface area contributed by atoms with Gasteiger partial charge >= 0.3 is 0 Å². The normalized spacial score (nSPS) is 12.5. The summed E-state index contributed by atoms with van der Waals surface area (Å²) in [6.45, 7) is 7.40. The molecule has 14 heavy (non-hydrogen) atoms. The zero-order chi connectivity index (χ0) is 10.6. The number of aromatic nitrogens is 2. The second-order valence-electron chi connectivity index (χ2n) is 3.34. The zero-order valence-corrected chi connectivity index (χ0v) is 9.07. The Morgan fingerprint density at radius 2 is 2.07 bits per heavy atom. The molecule has 4 heteroatoms. The molecule has 2 N–H and O–H groups in total. The van der Waals surface area contributed by atoms with Crippen molar-refractivity contribution in [2.24, 2.45) is 0 Å². The van der Waals surface area contributed by atoms with Gasteiger partial charge in [0.25, 0.3) is 0 Å². The third kappa shape index (κ3) is 2.34. The Bertz CT molecular complexity index is 270. The molecule has 0 amide bonds. The van der Waals surface area contributed by atoms with Crippen molar-refractivity contribution in [3.05, 3.63) is 12.4 Å². The first-order chi connectivity index (χ1) is 6.69. The second kappa shape index (κ2) is 4.79. The SMILES string of the molecule is CCC(C)N(CC)c1cnc(N)cn1. The fourth-order valence-corrected chi connectivity index (χ4v) is 1.40. The fourth-order valence-electron chi connectivity index (χ4n) is 1.40. The predicted octanol–water partition coefficient (Wildman–Crippen LogP) is 1.68. The summed E-state index contributed by atoms with van der Waals surface area (Å²) in [5.41, 5.74) is 5.48. The largest absolute Gasteiger partial charge is 0.382 e. The number of nitrogens with two attached hydrogens (primary N) is 1. The van der Waals surface area contributed by atoms with E-state index in [1.807, 2.05) is 0 Å². The van der Waals surface area contributed by atoms with E-state index in [1.54, 1.807) is 12.4 Å². The summed E-state index contributed by atoms with van der Waals surface area (Å²) in [4.78, 5) is 10.5. The Labute approximate surface area is 85.2 Å². The van der Waals surface area contributed by atoms with Gasteiger partial charge in [-0.05, 0) is 20.3 Å². The highest BCUT2D eigenvalue weighted by Gasteiger charge is 2.11. The maximum atomic E-state index is 5.48. The van der Waals surface area contributed by atoms with Crippen LogP contribution in [0.25, 0.3) is 0 Å². The van der Waals surface area contributed by atoms with Crippen LogP contribution in [0.1, 0.15) is 27.2 Å². The minimum absolute atomic E-state index is 0.467. The van der Waals surface area contributed by atoms with Crippen LogP contribution < -0.4 is 10.6 Å². The van der Waals surface area contributed by atoms with Gasteiger partial charge in [-0.3, -0.25) is 0 Å². The van der Waals surface area contributed by atoms with Crippen molar-refractivity contribution in [3.63, 3.8) is 0 Å². The maximum Gasteiger partial charge on any atom is 0.147 e. The summed E-state index contributed by atoms with van der Waals surface area (Å²) < 4.78 is 0. The smallest absolute Gasteiger partial charge is 0.147 e. The van der Waals surface area contributed by atoms with Crippen molar-refractivity contribution in [1.29, 1.82) is 0 Å². The molecule has 0 spiro atoms. The van der Waals surface area contributed by atoms with Crippen LogP contribution >= 0.6 is 0 Å². The Kier molecular flexibility index (Phi) is 3.68. The van der Waals surface area contributed by atoms with Crippen LogP contribution in [0.15, 0.2) is 12.4 Å². The van der Waals surface area contributed by atoms with E-state index in [0.29, 0.717) is 11.9 Å². The highest BCUT2D eigenvalue weighted by atomic mass is 15.2. The van der Waals surface area contributed by atoms with E-state index in [9.17, 15) is 0 Å². The highest BCUT2D eigenvalue weighted by molar-refractivity contribution is 5.40. The minimum atomic E-state index is 0.467. The van der Waals surface area contributed by atoms with Crippen molar-refractivity contribution in [3.8, 4) is 0 Å². The van der Waals surface area contributed by atoms with Gasteiger partial charge in [0.05, 0.1) is 12.4 Å². The molecule has 0 fully saturated rings. The summed E-state index contributed by atoms with van der Waals surface area (Å²) in [7, 11) is 0. The number of hydrogen-bond acceptors (Lipinski definition) is 4. The molecule has 1 rings (SSSR count). The van der Waals surface area contributed by atoms with Gasteiger partial charge in [0.15, 0.2) is 0 Å². The molecule has 0 aliphatic carbocycles. The van der Waals surface area contributed by atoms with E-state index in [2.05, 4.69) is 35.6 Å². The Balaban J connectivity index is 2.84. The van der Waals surface area contributed by atoms with Gasteiger partial charge in [-0.15, -0.1) is 0 Å². The molecule has 0 aliphatic heterocycles. The van der Waals surface area contributed by atoms with Crippen LogP contribution in [-0.2, 0) is 0 Å². The molecular weight excluding hydrogens is 176 g/mol. The molecule has 0 aliphatic rings. The summed E-state index contributed by atoms with van der Waals surface area (Å²) in [5.74, 6) is 1.37. The summed E-state index contributed by atoms with van der Waals surface area (Å²) in [5, 5.41) is 0. The monoisotopic (exact) mass is 194 g/mol. The van der Waals surface area contributed by atoms with Crippen LogP contribution in [0.2, 0.25) is 0 Å². The van der Waals surface area contributed by atoms with Crippen molar-refractivity contribution >= 4 is 11.6 Å². The van der Waals surface area contributed by atoms with Crippen LogP contribution in [0.5, 0.6) is 0 Å². The molecule has 4 nitrogen and oxygen atoms in total. The molecule has 1 atom stereocenters. The van der Waals surface area contributed by atoms with E-state index in [1.165, 1.54) is 0 Å². The predicted molar refractivity (Wildman–Crippen MR) is 59.2 cm³/mol. The highest BCUT2D eigenvalue weighted by Crippen LogP contribution is 2.14. The van der Waals surface area contributed by atoms with Crippen molar-refractivity contribution in [2.75, 3.05) is 17.2 Å². The minimum Gasteiger partial charge on any atom is -0.382 e. The molecule has 0 saturated carbocycles. The lowest BCUT2D eigenvalue weighted by Gasteiger charge is -2.27. The van der Waals surface area contributed by atoms with Gasteiger partial charge < -0.3 is 10.6 Å². The van der Waals surface area contributed by atoms with Crippen LogP contribution in [0.4, 0.5) is 11.6 Å². The molecular formula is C10H18N4. The van der Waals surface area contributed by atoms with Crippen molar-refractivity contribution in [1.82, 2.24) is 9.97 Å². The Hall–Kier alpha value is -1.32. The third-order valence-electron chi connectivity index (χ3n) is 2.42. The standard InChI is InChI=1S/C10H18N4/c1-4-8(3)14(5-2)10-7-12-9(11)6-13-10/h6-8H,4-5H2,1-3H3,(H2,11,12). The fraction of sp³-hybridized carbons (Fsp3) is 0.600. The van der Waals surface area contributed by atoms with Gasteiger partial charge in [0.2, 0.25) is 0 Å². The summed E-state index contributed by atoms with van der Waals surface area (Å²) >= 11 is 0. The maximum absolute atomic E-state index is 5.48. The van der Waals surface area contributed by atoms with E-state index in [-0.39, 0.29) is 0 Å². The Morgan fingerprint density at radius 1 is 1.36 bits per heavy atom. The molecule has 0 bridgehead atoms. The van der Waals surface area contributed by atoms with Gasteiger partial charge in [-0.2, -0.15) is 0 Å². The number of hydrogen-bond donors (Lipinski definition) is 1. The molecule has 1 aromatic heterocycles. The lowest BCUT2D eigenvalue weighted by molar-refractivity contribution is 0.622. The lowest BCUT2D eigenvalue weighted by atomic mass is 10.2. The molecule has 0 radical (unpaired) electrons. The molecule has 78 valence electrons. The van der Waals surface area contributed by atoms with E-state index in [0.717, 1.165) is 18.8 Å². The van der Waals surface area contributed by atoms with E-state index >= 15 is 0 Å². The first-order valence-corrected chi connectivity index (χ1v) is 5.03. The lowest BCUT2D eigenvalue weighted by Crippen LogP contribution is -2.33. The van der Waals surface area contributed by atoms with Crippen molar-refractivity contribution < 1.29 is 0 Å². The van der Waals surface area contributed by atoms with E-state index < -0.39 is 0 Å². The second-order valence-corrected chi connectivity index (χ2v) is 3.34. The average molecular weight is 194 g/mol. The summed E-state index contributed by atoms with van der Waals surface area (Å²) in [6.07, 6.45) is 4.42. The topological polar surface area (TPSA) is 55.0 Å². The number of nitrogen functional groups attached to an aromatic ring is 1. The zero-order valence-electron chi connectivity index (χ0n) is 9.07. The Morgan fingerprint density at radius 3 is 2.50 bits per heavy atom. The van der Waals surface area contributed by atoms with Gasteiger partial charge in [-0.25, -0.2) is 9.97 Å². The van der Waals surface area contributed by atoms with E-state index in [4.69, 9.17) is 5.73 Å².